The number of benzene rings is 1. The van der Waals surface area contributed by atoms with Gasteiger partial charge in [0, 0.05) is 24.2 Å². The topological polar surface area (TPSA) is 59.1 Å². The molecule has 0 aliphatic carbocycles. The second kappa shape index (κ2) is 5.50. The van der Waals surface area contributed by atoms with Crippen LogP contribution in [0.3, 0.4) is 0 Å². The lowest BCUT2D eigenvalue weighted by molar-refractivity contribution is 0.463. The molecule has 1 N–H and O–H groups in total. The Kier molecular flexibility index (Phi) is 3.72. The van der Waals surface area contributed by atoms with Gasteiger partial charge in [-0.3, -0.25) is 4.98 Å². The second-order valence-corrected chi connectivity index (χ2v) is 7.64. The van der Waals surface area contributed by atoms with Gasteiger partial charge in [0.25, 0.3) is 0 Å². The van der Waals surface area contributed by atoms with E-state index in [-0.39, 0.29) is 0 Å². The lowest BCUT2D eigenvalue weighted by Gasteiger charge is -2.23. The molecule has 1 aromatic heterocycles. The Balaban J connectivity index is 1.63. The highest BCUT2D eigenvalue weighted by Crippen LogP contribution is 2.15. The third-order valence-corrected chi connectivity index (χ3v) is 5.53. The van der Waals surface area contributed by atoms with E-state index in [2.05, 4.69) is 28.5 Å². The van der Waals surface area contributed by atoms with E-state index in [1.165, 1.54) is 5.56 Å². The highest BCUT2D eigenvalue weighted by molar-refractivity contribution is 7.91. The van der Waals surface area contributed by atoms with Gasteiger partial charge in [-0.1, -0.05) is 12.1 Å². The minimum atomic E-state index is -2.78. The fourth-order valence-corrected chi connectivity index (χ4v) is 4.08. The van der Waals surface area contributed by atoms with Crippen LogP contribution in [-0.2, 0) is 16.4 Å². The quantitative estimate of drug-likeness (QED) is 0.938. The SMILES string of the molecule is O=S1(=O)CCC(NCc2ccc3ncccc3c2)CC1. The van der Waals surface area contributed by atoms with E-state index in [1.54, 1.807) is 6.20 Å². The Labute approximate surface area is 119 Å². The molecule has 1 aliphatic heterocycles. The van der Waals surface area contributed by atoms with Crippen molar-refractivity contribution in [2.45, 2.75) is 25.4 Å². The van der Waals surface area contributed by atoms with E-state index in [0.717, 1.165) is 30.3 Å². The largest absolute Gasteiger partial charge is 0.310 e. The molecular formula is C15H18N2O2S. The first-order chi connectivity index (χ1) is 9.62. The monoisotopic (exact) mass is 290 g/mol. The Morgan fingerprint density at radius 1 is 1.20 bits per heavy atom. The van der Waals surface area contributed by atoms with Crippen molar-refractivity contribution >= 4 is 20.7 Å². The Morgan fingerprint density at radius 2 is 2.00 bits per heavy atom. The van der Waals surface area contributed by atoms with Crippen molar-refractivity contribution in [1.82, 2.24) is 10.3 Å². The third kappa shape index (κ3) is 3.16. The summed E-state index contributed by atoms with van der Waals surface area (Å²) in [5.41, 5.74) is 2.21. The lowest BCUT2D eigenvalue weighted by Crippen LogP contribution is -2.37. The van der Waals surface area contributed by atoms with E-state index >= 15 is 0 Å². The maximum atomic E-state index is 11.4. The number of rotatable bonds is 3. The number of fused-ring (bicyclic) bond motifs is 1. The zero-order valence-corrected chi connectivity index (χ0v) is 12.1. The van der Waals surface area contributed by atoms with Crippen molar-refractivity contribution in [3.63, 3.8) is 0 Å². The molecule has 1 fully saturated rings. The molecule has 0 unspecified atom stereocenters. The molecule has 0 amide bonds. The average molecular weight is 290 g/mol. The van der Waals surface area contributed by atoms with Gasteiger partial charge in [-0.05, 0) is 36.6 Å². The van der Waals surface area contributed by atoms with Gasteiger partial charge in [0.1, 0.15) is 9.84 Å². The van der Waals surface area contributed by atoms with E-state index < -0.39 is 9.84 Å². The summed E-state index contributed by atoms with van der Waals surface area (Å²) in [5.74, 6) is 0.624. The number of nitrogens with one attached hydrogen (secondary N) is 1. The first-order valence-corrected chi connectivity index (χ1v) is 8.72. The summed E-state index contributed by atoms with van der Waals surface area (Å²) in [7, 11) is -2.78. The normalized spacial score (nSPS) is 19.2. The zero-order chi connectivity index (χ0) is 14.0. The summed E-state index contributed by atoms with van der Waals surface area (Å²) >= 11 is 0. The van der Waals surface area contributed by atoms with Crippen LogP contribution < -0.4 is 5.32 Å². The Hall–Kier alpha value is -1.46. The van der Waals surface area contributed by atoms with Gasteiger partial charge < -0.3 is 5.32 Å². The molecule has 0 atom stereocenters. The summed E-state index contributed by atoms with van der Waals surface area (Å²) in [6.07, 6.45) is 3.23. The molecule has 0 spiro atoms. The van der Waals surface area contributed by atoms with Crippen molar-refractivity contribution in [1.29, 1.82) is 0 Å². The molecule has 5 heteroatoms. The predicted molar refractivity (Wildman–Crippen MR) is 80.3 cm³/mol. The van der Waals surface area contributed by atoms with Gasteiger partial charge >= 0.3 is 0 Å². The van der Waals surface area contributed by atoms with Crippen LogP contribution in [0.15, 0.2) is 36.5 Å². The molecular weight excluding hydrogens is 272 g/mol. The van der Waals surface area contributed by atoms with Crippen molar-refractivity contribution in [3.05, 3.63) is 42.1 Å². The summed E-state index contributed by atoms with van der Waals surface area (Å²) in [6.45, 7) is 0.773. The highest BCUT2D eigenvalue weighted by Gasteiger charge is 2.22. The summed E-state index contributed by atoms with van der Waals surface area (Å²) in [5, 5.41) is 4.59. The molecule has 4 nitrogen and oxygen atoms in total. The van der Waals surface area contributed by atoms with Crippen molar-refractivity contribution in [2.75, 3.05) is 11.5 Å². The summed E-state index contributed by atoms with van der Waals surface area (Å²) in [4.78, 5) is 4.30. The first kappa shape index (κ1) is 13.5. The van der Waals surface area contributed by atoms with Gasteiger partial charge in [-0.15, -0.1) is 0 Å². The Morgan fingerprint density at radius 3 is 2.80 bits per heavy atom. The minimum absolute atomic E-state index is 0.308. The van der Waals surface area contributed by atoms with Gasteiger partial charge in [0.05, 0.1) is 17.0 Å². The molecule has 3 rings (SSSR count). The van der Waals surface area contributed by atoms with E-state index in [0.29, 0.717) is 17.5 Å². The van der Waals surface area contributed by atoms with Crippen molar-refractivity contribution < 1.29 is 8.42 Å². The fourth-order valence-electron chi connectivity index (χ4n) is 2.59. The highest BCUT2D eigenvalue weighted by atomic mass is 32.2. The maximum Gasteiger partial charge on any atom is 0.150 e. The first-order valence-electron chi connectivity index (χ1n) is 6.90. The van der Waals surface area contributed by atoms with Crippen LogP contribution in [0.25, 0.3) is 10.9 Å². The van der Waals surface area contributed by atoms with Crippen LogP contribution in [0.2, 0.25) is 0 Å². The van der Waals surface area contributed by atoms with Crippen LogP contribution in [0.5, 0.6) is 0 Å². The lowest BCUT2D eigenvalue weighted by atomic mass is 10.1. The van der Waals surface area contributed by atoms with Crippen LogP contribution >= 0.6 is 0 Å². The molecule has 1 aliphatic rings. The Bertz CT molecular complexity index is 699. The molecule has 2 aromatic rings. The molecule has 0 radical (unpaired) electrons. The molecule has 2 heterocycles. The number of sulfone groups is 1. The van der Waals surface area contributed by atoms with Gasteiger partial charge in [-0.2, -0.15) is 0 Å². The number of hydrogen-bond acceptors (Lipinski definition) is 4. The third-order valence-electron chi connectivity index (χ3n) is 3.82. The second-order valence-electron chi connectivity index (χ2n) is 5.34. The minimum Gasteiger partial charge on any atom is -0.310 e. The van der Waals surface area contributed by atoms with Crippen LogP contribution in [0, 0.1) is 0 Å². The zero-order valence-electron chi connectivity index (χ0n) is 11.2. The predicted octanol–water partition coefficient (Wildman–Crippen LogP) is 1.90. The molecule has 20 heavy (non-hydrogen) atoms. The molecule has 1 aromatic carbocycles. The molecule has 1 saturated heterocycles. The summed E-state index contributed by atoms with van der Waals surface area (Å²) < 4.78 is 22.8. The van der Waals surface area contributed by atoms with Gasteiger partial charge in [0.15, 0.2) is 0 Å². The van der Waals surface area contributed by atoms with Crippen LogP contribution in [0.1, 0.15) is 18.4 Å². The molecule has 106 valence electrons. The van der Waals surface area contributed by atoms with E-state index in [1.807, 2.05) is 12.1 Å². The number of nitrogens with zero attached hydrogens (tertiary/aromatic N) is 1. The standard InChI is InChI=1S/C15H18N2O2S/c18-20(19)8-5-14(6-9-20)17-11-12-3-4-15-13(10-12)2-1-7-16-15/h1-4,7,10,14,17H,5-6,8-9,11H2. The van der Waals surface area contributed by atoms with Crippen molar-refractivity contribution in [3.8, 4) is 0 Å². The number of aromatic nitrogens is 1. The van der Waals surface area contributed by atoms with Crippen LogP contribution in [0.4, 0.5) is 0 Å². The molecule has 0 bridgehead atoms. The van der Waals surface area contributed by atoms with Gasteiger partial charge in [0.2, 0.25) is 0 Å². The van der Waals surface area contributed by atoms with Crippen molar-refractivity contribution in [2.24, 2.45) is 0 Å². The smallest absolute Gasteiger partial charge is 0.150 e. The molecule has 0 saturated carbocycles. The number of hydrogen-bond donors (Lipinski definition) is 1. The van der Waals surface area contributed by atoms with Gasteiger partial charge in [-0.25, -0.2) is 8.42 Å². The average Bonchev–Trinajstić information content (AvgIpc) is 2.46. The van der Waals surface area contributed by atoms with E-state index in [4.69, 9.17) is 0 Å². The number of pyridine rings is 1. The summed E-state index contributed by atoms with van der Waals surface area (Å²) in [6, 6.07) is 10.5. The fraction of sp³-hybridized carbons (Fsp3) is 0.400. The van der Waals surface area contributed by atoms with E-state index in [9.17, 15) is 8.42 Å². The maximum absolute atomic E-state index is 11.4. The van der Waals surface area contributed by atoms with Crippen LogP contribution in [-0.4, -0.2) is 30.9 Å².